The molecule has 0 saturated carbocycles. The van der Waals surface area contributed by atoms with Crippen molar-refractivity contribution in [3.05, 3.63) is 76.4 Å². The summed E-state index contributed by atoms with van der Waals surface area (Å²) >= 11 is 8.11. The second-order valence-electron chi connectivity index (χ2n) is 7.30. The Bertz CT molecular complexity index is 1120. The molecular weight excluding hydrogens is 400 g/mol. The molecule has 2 aromatic heterocycles. The fraction of sp³-hybridized carbons (Fsp3) is 0.217. The molecule has 1 N–H and O–H groups in total. The highest BCUT2D eigenvalue weighted by atomic mass is 35.5. The van der Waals surface area contributed by atoms with Crippen LogP contribution in [0.1, 0.15) is 17.2 Å². The Kier molecular flexibility index (Phi) is 5.81. The number of aromatic nitrogens is 2. The minimum absolute atomic E-state index is 0.121. The van der Waals surface area contributed by atoms with Crippen LogP contribution in [0.4, 0.5) is 5.82 Å². The molecule has 0 bridgehead atoms. The first-order chi connectivity index (χ1) is 14.0. The third kappa shape index (κ3) is 4.13. The van der Waals surface area contributed by atoms with Crippen LogP contribution in [0.3, 0.4) is 0 Å². The maximum Gasteiger partial charge on any atom is 0.138 e. The highest BCUT2D eigenvalue weighted by Crippen LogP contribution is 2.37. The molecule has 0 aliphatic heterocycles. The second kappa shape index (κ2) is 8.49. The van der Waals surface area contributed by atoms with Crippen molar-refractivity contribution in [2.75, 3.05) is 26.0 Å². The first-order valence-electron chi connectivity index (χ1n) is 9.48. The number of hydrogen-bond donors (Lipinski definition) is 1. The molecule has 0 radical (unpaired) electrons. The van der Waals surface area contributed by atoms with Crippen molar-refractivity contribution in [3.8, 4) is 11.1 Å². The maximum absolute atomic E-state index is 6.46. The number of benzene rings is 2. The van der Waals surface area contributed by atoms with Crippen molar-refractivity contribution >= 4 is 39.0 Å². The number of hydrogen-bond acceptors (Lipinski definition) is 5. The normalized spacial score (nSPS) is 12.4. The molecule has 0 spiro atoms. The van der Waals surface area contributed by atoms with Crippen LogP contribution in [0, 0.1) is 6.92 Å². The van der Waals surface area contributed by atoms with E-state index in [1.165, 1.54) is 11.1 Å². The van der Waals surface area contributed by atoms with Gasteiger partial charge < -0.3 is 10.2 Å². The van der Waals surface area contributed by atoms with Crippen molar-refractivity contribution < 1.29 is 0 Å². The monoisotopic (exact) mass is 422 g/mol. The van der Waals surface area contributed by atoms with Gasteiger partial charge in [0.05, 0.1) is 11.4 Å². The Hall–Kier alpha value is -2.47. The van der Waals surface area contributed by atoms with Gasteiger partial charge in [-0.3, -0.25) is 0 Å². The van der Waals surface area contributed by atoms with E-state index in [2.05, 4.69) is 76.9 Å². The first kappa shape index (κ1) is 19.8. The quantitative estimate of drug-likeness (QED) is 0.411. The topological polar surface area (TPSA) is 41.1 Å². The molecule has 2 heterocycles. The molecule has 2 aromatic carbocycles. The van der Waals surface area contributed by atoms with Crippen molar-refractivity contribution in [2.24, 2.45) is 0 Å². The average molecular weight is 423 g/mol. The molecule has 0 fully saturated rings. The van der Waals surface area contributed by atoms with E-state index in [4.69, 9.17) is 11.6 Å². The summed E-state index contributed by atoms with van der Waals surface area (Å²) in [7, 11) is 4.13. The summed E-state index contributed by atoms with van der Waals surface area (Å²) in [5.74, 6) is 0.853. The number of fused-ring (bicyclic) bond motifs is 1. The van der Waals surface area contributed by atoms with Crippen LogP contribution < -0.4 is 5.32 Å². The fourth-order valence-electron chi connectivity index (χ4n) is 3.46. The lowest BCUT2D eigenvalue weighted by Crippen LogP contribution is -2.27. The Balaban J connectivity index is 1.68. The van der Waals surface area contributed by atoms with Crippen molar-refractivity contribution in [2.45, 2.75) is 13.0 Å². The van der Waals surface area contributed by atoms with Crippen molar-refractivity contribution in [1.29, 1.82) is 0 Å². The fourth-order valence-corrected chi connectivity index (χ4v) is 4.64. The van der Waals surface area contributed by atoms with Crippen LogP contribution in [-0.2, 0) is 0 Å². The smallest absolute Gasteiger partial charge is 0.138 e. The number of rotatable bonds is 6. The molecule has 0 unspecified atom stereocenters. The van der Waals surface area contributed by atoms with Crippen LogP contribution >= 0.6 is 22.9 Å². The molecule has 0 aliphatic rings. The van der Waals surface area contributed by atoms with Gasteiger partial charge in [0.15, 0.2) is 0 Å². The maximum atomic E-state index is 6.46. The zero-order valence-electron chi connectivity index (χ0n) is 16.7. The van der Waals surface area contributed by atoms with Gasteiger partial charge in [0.25, 0.3) is 0 Å². The van der Waals surface area contributed by atoms with Crippen molar-refractivity contribution in [3.63, 3.8) is 0 Å². The first-order valence-corrected chi connectivity index (χ1v) is 10.7. The summed E-state index contributed by atoms with van der Waals surface area (Å²) in [6.07, 6.45) is 1.63. The van der Waals surface area contributed by atoms with Gasteiger partial charge in [-0.2, -0.15) is 0 Å². The Morgan fingerprint density at radius 1 is 1.07 bits per heavy atom. The van der Waals surface area contributed by atoms with Gasteiger partial charge in [-0.05, 0) is 38.2 Å². The second-order valence-corrected chi connectivity index (χ2v) is 8.56. The van der Waals surface area contributed by atoms with E-state index in [-0.39, 0.29) is 6.04 Å². The van der Waals surface area contributed by atoms with E-state index in [9.17, 15) is 0 Å². The molecule has 4 rings (SSSR count). The zero-order valence-corrected chi connectivity index (χ0v) is 18.3. The number of nitrogens with one attached hydrogen (secondary N) is 1. The van der Waals surface area contributed by atoms with E-state index in [0.29, 0.717) is 6.54 Å². The molecule has 0 amide bonds. The summed E-state index contributed by atoms with van der Waals surface area (Å²) < 4.78 is 0. The molecular formula is C23H23ClN4S. The summed E-state index contributed by atoms with van der Waals surface area (Å²) in [6, 6.07) is 16.7. The molecule has 4 aromatic rings. The Morgan fingerprint density at radius 3 is 2.55 bits per heavy atom. The predicted octanol–water partition coefficient (Wildman–Crippen LogP) is 6.03. The van der Waals surface area contributed by atoms with Crippen molar-refractivity contribution in [1.82, 2.24) is 14.9 Å². The number of anilines is 1. The average Bonchev–Trinajstić information content (AvgIpc) is 3.15. The zero-order chi connectivity index (χ0) is 20.4. The summed E-state index contributed by atoms with van der Waals surface area (Å²) in [5.41, 5.74) is 4.68. The molecule has 29 heavy (non-hydrogen) atoms. The van der Waals surface area contributed by atoms with Gasteiger partial charge in [0.1, 0.15) is 17.0 Å². The van der Waals surface area contributed by atoms with E-state index in [0.717, 1.165) is 32.2 Å². The number of aryl methyl sites for hydroxylation is 1. The van der Waals surface area contributed by atoms with Gasteiger partial charge in [-0.25, -0.2) is 9.97 Å². The summed E-state index contributed by atoms with van der Waals surface area (Å²) in [6.45, 7) is 2.79. The van der Waals surface area contributed by atoms with E-state index in [1.54, 1.807) is 17.7 Å². The molecule has 1 atom stereocenters. The van der Waals surface area contributed by atoms with Gasteiger partial charge in [-0.15, -0.1) is 11.3 Å². The highest BCUT2D eigenvalue weighted by molar-refractivity contribution is 7.17. The largest absolute Gasteiger partial charge is 0.367 e. The molecule has 0 saturated heterocycles. The third-order valence-electron chi connectivity index (χ3n) is 5.08. The van der Waals surface area contributed by atoms with Crippen LogP contribution in [0.2, 0.25) is 5.02 Å². The number of thiophene rings is 1. The Labute approximate surface area is 180 Å². The van der Waals surface area contributed by atoms with Crippen LogP contribution in [0.25, 0.3) is 21.3 Å². The standard InChI is InChI=1S/C23H23ClN4S/c1-15-8-10-16(11-9-15)18-13-29-23-21(18)22(26-14-27-23)25-12-20(28(2)3)17-6-4-5-7-19(17)24/h4-11,13-14,20H,12H2,1-3H3,(H,25,26,27)/t20-/m1/s1. The van der Waals surface area contributed by atoms with E-state index >= 15 is 0 Å². The van der Waals surface area contributed by atoms with Gasteiger partial charge in [-0.1, -0.05) is 59.6 Å². The molecule has 148 valence electrons. The predicted molar refractivity (Wildman–Crippen MR) is 124 cm³/mol. The highest BCUT2D eigenvalue weighted by Gasteiger charge is 2.19. The molecule has 6 heteroatoms. The van der Waals surface area contributed by atoms with Gasteiger partial charge in [0.2, 0.25) is 0 Å². The van der Waals surface area contributed by atoms with E-state index < -0.39 is 0 Å². The number of halogens is 1. The lowest BCUT2D eigenvalue weighted by Gasteiger charge is -2.26. The van der Waals surface area contributed by atoms with E-state index in [1.807, 2.05) is 18.2 Å². The van der Waals surface area contributed by atoms with Crippen LogP contribution in [0.5, 0.6) is 0 Å². The minimum Gasteiger partial charge on any atom is -0.367 e. The van der Waals surface area contributed by atoms with Crippen LogP contribution in [-0.4, -0.2) is 35.5 Å². The lowest BCUT2D eigenvalue weighted by molar-refractivity contribution is 0.312. The lowest BCUT2D eigenvalue weighted by atomic mass is 10.0. The van der Waals surface area contributed by atoms with Crippen LogP contribution in [0.15, 0.2) is 60.2 Å². The summed E-state index contributed by atoms with van der Waals surface area (Å²) in [4.78, 5) is 12.2. The third-order valence-corrected chi connectivity index (χ3v) is 6.31. The summed E-state index contributed by atoms with van der Waals surface area (Å²) in [5, 5.41) is 7.56. The molecule has 0 aliphatic carbocycles. The minimum atomic E-state index is 0.121. The van der Waals surface area contributed by atoms with Gasteiger partial charge in [0, 0.05) is 22.5 Å². The number of likely N-dealkylation sites (N-methyl/N-ethyl adjacent to an activating group) is 1. The molecule has 4 nitrogen and oxygen atoms in total. The number of nitrogens with zero attached hydrogens (tertiary/aromatic N) is 3. The Morgan fingerprint density at radius 2 is 1.83 bits per heavy atom. The SMILES string of the molecule is Cc1ccc(-c2csc3ncnc(NC[C@H](c4ccccc4Cl)N(C)C)c23)cc1. The van der Waals surface area contributed by atoms with Gasteiger partial charge >= 0.3 is 0 Å².